The highest BCUT2D eigenvalue weighted by Gasteiger charge is 2.10. The summed E-state index contributed by atoms with van der Waals surface area (Å²) in [6.45, 7) is 3.25. The summed E-state index contributed by atoms with van der Waals surface area (Å²) in [6.07, 6.45) is 4.82. The summed E-state index contributed by atoms with van der Waals surface area (Å²) in [4.78, 5) is 15.5. The minimum atomic E-state index is -0.202. The average Bonchev–Trinajstić information content (AvgIpc) is 2.14. The maximum absolute atomic E-state index is 10.6. The van der Waals surface area contributed by atoms with E-state index in [0.717, 1.165) is 25.9 Å². The molecule has 3 nitrogen and oxygen atoms in total. The minimum Gasteiger partial charge on any atom is -0.368 e. The van der Waals surface area contributed by atoms with Gasteiger partial charge in [0.25, 0.3) is 0 Å². The number of hydrogen-bond donors (Lipinski definition) is 0. The molecule has 1 heterocycles. The summed E-state index contributed by atoms with van der Waals surface area (Å²) < 4.78 is 0. The lowest BCUT2D eigenvalue weighted by Crippen LogP contribution is -2.27. The maximum atomic E-state index is 10.6. The molecule has 1 aliphatic rings. The number of rotatable bonds is 1. The van der Waals surface area contributed by atoms with Gasteiger partial charge in [-0.05, 0) is 12.8 Å². The van der Waals surface area contributed by atoms with Crippen molar-refractivity contribution in [2.45, 2.75) is 32.6 Å². The summed E-state index contributed by atoms with van der Waals surface area (Å²) >= 11 is 0. The first kappa shape index (κ1) is 8.53. The van der Waals surface area contributed by atoms with E-state index >= 15 is 0 Å². The van der Waals surface area contributed by atoms with Crippen molar-refractivity contribution in [1.82, 2.24) is 5.06 Å². The molecule has 0 aromatic rings. The third-order valence-corrected chi connectivity index (χ3v) is 1.82. The first-order chi connectivity index (χ1) is 5.29. The Bertz CT molecular complexity index is 128. The molecule has 64 valence electrons. The van der Waals surface area contributed by atoms with Crippen LogP contribution in [0.4, 0.5) is 0 Å². The monoisotopic (exact) mass is 157 g/mol. The first-order valence-corrected chi connectivity index (χ1v) is 4.22. The highest BCUT2D eigenvalue weighted by atomic mass is 16.7. The fourth-order valence-corrected chi connectivity index (χ4v) is 1.31. The Balaban J connectivity index is 2.25. The number of carbonyl (C=O) groups excluding carboxylic acids is 1. The summed E-state index contributed by atoms with van der Waals surface area (Å²) in [7, 11) is 0. The van der Waals surface area contributed by atoms with Crippen LogP contribution >= 0.6 is 0 Å². The average molecular weight is 157 g/mol. The van der Waals surface area contributed by atoms with E-state index in [1.807, 2.05) is 0 Å². The predicted molar refractivity (Wildman–Crippen MR) is 41.8 cm³/mol. The molecule has 0 amide bonds. The molecule has 0 aromatic heterocycles. The molecule has 0 aromatic carbocycles. The minimum absolute atomic E-state index is 0.202. The van der Waals surface area contributed by atoms with Gasteiger partial charge in [0, 0.05) is 20.0 Å². The van der Waals surface area contributed by atoms with Crippen LogP contribution in [0.5, 0.6) is 0 Å². The number of nitrogens with zero attached hydrogens (tertiary/aromatic N) is 1. The molecule has 0 atom stereocenters. The van der Waals surface area contributed by atoms with Gasteiger partial charge in [-0.2, -0.15) is 0 Å². The largest absolute Gasteiger partial charge is 0.368 e. The van der Waals surface area contributed by atoms with Crippen molar-refractivity contribution in [3.63, 3.8) is 0 Å². The van der Waals surface area contributed by atoms with Crippen molar-refractivity contribution in [1.29, 1.82) is 0 Å². The van der Waals surface area contributed by atoms with Crippen molar-refractivity contribution >= 4 is 5.97 Å². The van der Waals surface area contributed by atoms with Gasteiger partial charge in [-0.1, -0.05) is 12.8 Å². The van der Waals surface area contributed by atoms with E-state index in [1.54, 1.807) is 5.06 Å². The second-order valence-corrected chi connectivity index (χ2v) is 2.93. The normalized spacial score (nSPS) is 20.8. The van der Waals surface area contributed by atoms with Crippen LogP contribution < -0.4 is 0 Å². The Morgan fingerprint density at radius 3 is 2.18 bits per heavy atom. The van der Waals surface area contributed by atoms with Crippen molar-refractivity contribution in [2.75, 3.05) is 13.1 Å². The zero-order chi connectivity index (χ0) is 8.10. The molecule has 11 heavy (non-hydrogen) atoms. The maximum Gasteiger partial charge on any atom is 0.322 e. The van der Waals surface area contributed by atoms with Crippen LogP contribution in [0.2, 0.25) is 0 Å². The van der Waals surface area contributed by atoms with Crippen LogP contribution in [0.1, 0.15) is 32.6 Å². The van der Waals surface area contributed by atoms with Gasteiger partial charge < -0.3 is 4.84 Å². The number of hydrogen-bond acceptors (Lipinski definition) is 3. The predicted octanol–water partition coefficient (Wildman–Crippen LogP) is 1.34. The van der Waals surface area contributed by atoms with Crippen LogP contribution in [-0.4, -0.2) is 24.1 Å². The zero-order valence-electron chi connectivity index (χ0n) is 7.01. The van der Waals surface area contributed by atoms with E-state index in [4.69, 9.17) is 4.84 Å². The number of carbonyl (C=O) groups is 1. The van der Waals surface area contributed by atoms with E-state index in [9.17, 15) is 4.79 Å². The van der Waals surface area contributed by atoms with Crippen LogP contribution in [0.15, 0.2) is 0 Å². The van der Waals surface area contributed by atoms with E-state index < -0.39 is 0 Å². The summed E-state index contributed by atoms with van der Waals surface area (Å²) in [5, 5.41) is 1.77. The lowest BCUT2D eigenvalue weighted by Gasteiger charge is -2.16. The quantitative estimate of drug-likeness (QED) is 0.575. The second-order valence-electron chi connectivity index (χ2n) is 2.93. The van der Waals surface area contributed by atoms with Gasteiger partial charge in [0.05, 0.1) is 0 Å². The van der Waals surface area contributed by atoms with E-state index in [0.29, 0.717) is 0 Å². The van der Waals surface area contributed by atoms with E-state index in [1.165, 1.54) is 19.8 Å². The molecule has 0 bridgehead atoms. The Hall–Kier alpha value is -0.570. The van der Waals surface area contributed by atoms with Gasteiger partial charge in [-0.25, -0.2) is 0 Å². The molecule has 3 heteroatoms. The molecule has 0 saturated carbocycles. The standard InChI is InChI=1S/C8H15NO2/c1-8(10)11-9-6-4-2-3-5-7-9/h2-7H2,1H3. The molecular formula is C8H15NO2. The second kappa shape index (κ2) is 4.34. The van der Waals surface area contributed by atoms with Gasteiger partial charge in [-0.3, -0.25) is 4.79 Å². The fraction of sp³-hybridized carbons (Fsp3) is 0.875. The Morgan fingerprint density at radius 1 is 1.18 bits per heavy atom. The molecule has 0 aliphatic carbocycles. The van der Waals surface area contributed by atoms with Crippen LogP contribution in [0.25, 0.3) is 0 Å². The van der Waals surface area contributed by atoms with Gasteiger partial charge in [-0.15, -0.1) is 5.06 Å². The Labute approximate surface area is 67.3 Å². The van der Waals surface area contributed by atoms with Gasteiger partial charge in [0.15, 0.2) is 0 Å². The molecule has 0 spiro atoms. The first-order valence-electron chi connectivity index (χ1n) is 4.22. The Kier molecular flexibility index (Phi) is 3.36. The van der Waals surface area contributed by atoms with Crippen LogP contribution in [0.3, 0.4) is 0 Å². The van der Waals surface area contributed by atoms with Crippen LogP contribution in [0, 0.1) is 0 Å². The smallest absolute Gasteiger partial charge is 0.322 e. The summed E-state index contributed by atoms with van der Waals surface area (Å²) in [6, 6.07) is 0. The van der Waals surface area contributed by atoms with E-state index in [2.05, 4.69) is 0 Å². The van der Waals surface area contributed by atoms with Gasteiger partial charge >= 0.3 is 5.97 Å². The molecule has 1 rings (SSSR count). The van der Waals surface area contributed by atoms with Crippen molar-refractivity contribution in [3.05, 3.63) is 0 Å². The lowest BCUT2D eigenvalue weighted by molar-refractivity contribution is -0.187. The third kappa shape index (κ3) is 3.37. The molecule has 1 aliphatic heterocycles. The molecule has 0 N–H and O–H groups in total. The highest BCUT2D eigenvalue weighted by molar-refractivity contribution is 5.65. The summed E-state index contributed by atoms with van der Waals surface area (Å²) in [5.74, 6) is -0.202. The van der Waals surface area contributed by atoms with E-state index in [-0.39, 0.29) is 5.97 Å². The topological polar surface area (TPSA) is 29.5 Å². The van der Waals surface area contributed by atoms with Crippen LogP contribution in [-0.2, 0) is 9.63 Å². The lowest BCUT2D eigenvalue weighted by atomic mass is 10.2. The molecular weight excluding hydrogens is 142 g/mol. The van der Waals surface area contributed by atoms with Gasteiger partial charge in [0.2, 0.25) is 0 Å². The summed E-state index contributed by atoms with van der Waals surface area (Å²) in [5.41, 5.74) is 0. The fourth-order valence-electron chi connectivity index (χ4n) is 1.31. The third-order valence-electron chi connectivity index (χ3n) is 1.82. The molecule has 0 unspecified atom stereocenters. The highest BCUT2D eigenvalue weighted by Crippen LogP contribution is 2.09. The molecule has 0 radical (unpaired) electrons. The number of hydroxylamine groups is 2. The molecule has 1 saturated heterocycles. The van der Waals surface area contributed by atoms with Crippen molar-refractivity contribution in [3.8, 4) is 0 Å². The van der Waals surface area contributed by atoms with Crippen molar-refractivity contribution < 1.29 is 9.63 Å². The SMILES string of the molecule is CC(=O)ON1CCCCCC1. The van der Waals surface area contributed by atoms with Gasteiger partial charge in [0.1, 0.15) is 0 Å². The molecule has 1 fully saturated rings. The van der Waals surface area contributed by atoms with Crippen molar-refractivity contribution in [2.24, 2.45) is 0 Å². The Morgan fingerprint density at radius 2 is 1.73 bits per heavy atom. The zero-order valence-corrected chi connectivity index (χ0v) is 7.01.